The molecule has 1 heterocycles. The smallest absolute Gasteiger partial charge is 0.384 e. The Balaban J connectivity index is 2.29. The lowest BCUT2D eigenvalue weighted by Gasteiger charge is -2.24. The average Bonchev–Trinajstić information content (AvgIpc) is 2.55. The highest BCUT2D eigenvalue weighted by atomic mass is 16.5. The maximum absolute atomic E-state index is 11.5. The van der Waals surface area contributed by atoms with E-state index in [4.69, 9.17) is 4.74 Å². The van der Waals surface area contributed by atoms with Gasteiger partial charge in [-0.1, -0.05) is 19.3 Å². The first-order chi connectivity index (χ1) is 11.6. The summed E-state index contributed by atoms with van der Waals surface area (Å²) in [6, 6.07) is 0.394. The van der Waals surface area contributed by atoms with Crippen molar-refractivity contribution in [1.82, 2.24) is 9.97 Å². The van der Waals surface area contributed by atoms with Gasteiger partial charge in [0.15, 0.2) is 0 Å². The number of aromatic nitrogens is 2. The second-order valence-corrected chi connectivity index (χ2v) is 5.84. The van der Waals surface area contributed by atoms with Crippen LogP contribution in [0.3, 0.4) is 0 Å². The third-order valence-electron chi connectivity index (χ3n) is 3.94. The fourth-order valence-electron chi connectivity index (χ4n) is 2.79. The van der Waals surface area contributed by atoms with Gasteiger partial charge in [0.2, 0.25) is 5.95 Å². The monoisotopic (exact) mass is 330 g/mol. The van der Waals surface area contributed by atoms with Crippen LogP contribution in [0.1, 0.15) is 57.2 Å². The summed E-state index contributed by atoms with van der Waals surface area (Å²) in [5.41, 5.74) is 1.41. The molecular weight excluding hydrogens is 304 g/mol. The zero-order valence-electron chi connectivity index (χ0n) is 14.7. The number of nitrogens with zero attached hydrogens (tertiary/aromatic N) is 2. The zero-order chi connectivity index (χ0) is 17.4. The van der Waals surface area contributed by atoms with Gasteiger partial charge in [0.25, 0.3) is 0 Å². The Hall–Kier alpha value is -2.29. The maximum atomic E-state index is 11.5. The normalized spacial score (nSPS) is 14.5. The van der Waals surface area contributed by atoms with Crippen LogP contribution in [0.15, 0.2) is 0 Å². The summed E-state index contributed by atoms with van der Waals surface area (Å²) in [5.74, 6) is 6.15. The fraction of sp³-hybridized carbons (Fsp3) is 0.611. The molecule has 0 unspecified atom stereocenters. The molecule has 6 nitrogen and oxygen atoms in total. The number of aryl methyl sites for hydroxylation is 1. The molecule has 130 valence electrons. The highest BCUT2D eigenvalue weighted by Gasteiger charge is 2.17. The molecule has 2 rings (SSSR count). The van der Waals surface area contributed by atoms with E-state index in [1.807, 2.05) is 13.8 Å². The Morgan fingerprint density at radius 3 is 2.67 bits per heavy atom. The van der Waals surface area contributed by atoms with Crippen molar-refractivity contribution in [2.24, 2.45) is 0 Å². The number of hydrogen-bond donors (Lipinski definition) is 2. The minimum Gasteiger partial charge on any atom is -0.456 e. The third-order valence-corrected chi connectivity index (χ3v) is 3.94. The molecule has 1 saturated carbocycles. The summed E-state index contributed by atoms with van der Waals surface area (Å²) in [5, 5.41) is 6.64. The van der Waals surface area contributed by atoms with Crippen molar-refractivity contribution in [3.8, 4) is 11.8 Å². The topological polar surface area (TPSA) is 76.1 Å². The van der Waals surface area contributed by atoms with Gasteiger partial charge < -0.3 is 15.4 Å². The van der Waals surface area contributed by atoms with Crippen molar-refractivity contribution >= 4 is 17.7 Å². The maximum Gasteiger partial charge on any atom is 0.384 e. The van der Waals surface area contributed by atoms with Crippen molar-refractivity contribution in [3.05, 3.63) is 11.3 Å². The highest BCUT2D eigenvalue weighted by molar-refractivity contribution is 5.89. The summed E-state index contributed by atoms with van der Waals surface area (Å²) >= 11 is 0. The largest absolute Gasteiger partial charge is 0.456 e. The van der Waals surface area contributed by atoms with E-state index >= 15 is 0 Å². The first-order valence-electron chi connectivity index (χ1n) is 8.71. The van der Waals surface area contributed by atoms with E-state index in [0.717, 1.165) is 25.1 Å². The van der Waals surface area contributed by atoms with Gasteiger partial charge in [0, 0.05) is 18.5 Å². The third kappa shape index (κ3) is 5.12. The van der Waals surface area contributed by atoms with E-state index in [1.54, 1.807) is 6.92 Å². The van der Waals surface area contributed by atoms with Crippen molar-refractivity contribution < 1.29 is 9.53 Å². The fourth-order valence-corrected chi connectivity index (χ4v) is 2.79. The van der Waals surface area contributed by atoms with E-state index in [9.17, 15) is 4.79 Å². The lowest BCUT2D eigenvalue weighted by Crippen LogP contribution is -2.24. The van der Waals surface area contributed by atoms with Crippen LogP contribution in [0, 0.1) is 18.8 Å². The van der Waals surface area contributed by atoms with Crippen molar-refractivity contribution in [2.75, 3.05) is 23.8 Å². The minimum atomic E-state index is -0.531. The van der Waals surface area contributed by atoms with E-state index in [-0.39, 0.29) is 0 Å². The lowest BCUT2D eigenvalue weighted by molar-refractivity contribution is -0.136. The predicted octanol–water partition coefficient (Wildman–Crippen LogP) is 2.88. The molecule has 24 heavy (non-hydrogen) atoms. The summed E-state index contributed by atoms with van der Waals surface area (Å²) in [7, 11) is 0. The Morgan fingerprint density at radius 2 is 2.00 bits per heavy atom. The first-order valence-corrected chi connectivity index (χ1v) is 8.71. The molecule has 0 aliphatic heterocycles. The quantitative estimate of drug-likeness (QED) is 0.639. The first kappa shape index (κ1) is 18.1. The average molecular weight is 330 g/mol. The Morgan fingerprint density at radius 1 is 1.25 bits per heavy atom. The predicted molar refractivity (Wildman–Crippen MR) is 94.9 cm³/mol. The molecule has 6 heteroatoms. The standard InChI is InChI=1S/C18H26N4O2/c1-4-19-18-20-13(3)15(11-12-16(23)24-5-2)17(22-18)21-14-9-7-6-8-10-14/h14H,4-10H2,1-3H3,(H2,19,20,21,22). The van der Waals surface area contributed by atoms with Crippen LogP contribution >= 0.6 is 0 Å². The van der Waals surface area contributed by atoms with Crippen LogP contribution in [0.4, 0.5) is 11.8 Å². The lowest BCUT2D eigenvalue weighted by atomic mass is 9.95. The molecule has 2 N–H and O–H groups in total. The number of rotatable bonds is 5. The van der Waals surface area contributed by atoms with Crippen molar-refractivity contribution in [2.45, 2.75) is 58.9 Å². The van der Waals surface area contributed by atoms with E-state index < -0.39 is 5.97 Å². The second-order valence-electron chi connectivity index (χ2n) is 5.84. The van der Waals surface area contributed by atoms with E-state index in [2.05, 4.69) is 32.4 Å². The van der Waals surface area contributed by atoms with Crippen LogP contribution in [-0.4, -0.2) is 35.1 Å². The van der Waals surface area contributed by atoms with Crippen LogP contribution in [0.25, 0.3) is 0 Å². The summed E-state index contributed by atoms with van der Waals surface area (Å²) in [6.07, 6.45) is 6.01. The van der Waals surface area contributed by atoms with Gasteiger partial charge in [0.1, 0.15) is 5.82 Å². The summed E-state index contributed by atoms with van der Waals surface area (Å²) < 4.78 is 4.87. The number of ether oxygens (including phenoxy) is 1. The second kappa shape index (κ2) is 9.11. The molecule has 0 spiro atoms. The van der Waals surface area contributed by atoms with Gasteiger partial charge in [-0.2, -0.15) is 4.98 Å². The molecule has 0 bridgehead atoms. The Kier molecular flexibility index (Phi) is 6.86. The highest BCUT2D eigenvalue weighted by Crippen LogP contribution is 2.24. The molecule has 1 aliphatic carbocycles. The number of carbonyl (C=O) groups is 1. The molecule has 0 radical (unpaired) electrons. The molecule has 0 atom stereocenters. The van der Waals surface area contributed by atoms with Gasteiger partial charge in [-0.25, -0.2) is 9.78 Å². The molecule has 0 amide bonds. The van der Waals surface area contributed by atoms with Crippen LogP contribution < -0.4 is 10.6 Å². The molecule has 1 fully saturated rings. The molecule has 0 saturated heterocycles. The number of nitrogens with one attached hydrogen (secondary N) is 2. The number of anilines is 2. The molecular formula is C18H26N4O2. The number of esters is 1. The SMILES string of the molecule is CCNc1nc(C)c(C#CC(=O)OCC)c(NC2CCCCC2)n1. The summed E-state index contributed by atoms with van der Waals surface area (Å²) in [6.45, 7) is 6.70. The molecule has 0 aromatic carbocycles. The molecule has 1 aromatic heterocycles. The van der Waals surface area contributed by atoms with Gasteiger partial charge in [0.05, 0.1) is 17.9 Å². The number of hydrogen-bond acceptors (Lipinski definition) is 6. The Bertz CT molecular complexity index is 628. The Labute approximate surface area is 143 Å². The van der Waals surface area contributed by atoms with E-state index in [0.29, 0.717) is 30.0 Å². The van der Waals surface area contributed by atoms with Gasteiger partial charge in [-0.15, -0.1) is 0 Å². The van der Waals surface area contributed by atoms with Crippen molar-refractivity contribution in [1.29, 1.82) is 0 Å². The number of carbonyl (C=O) groups excluding carboxylic acids is 1. The zero-order valence-corrected chi connectivity index (χ0v) is 14.7. The van der Waals surface area contributed by atoms with Crippen LogP contribution in [-0.2, 0) is 9.53 Å². The van der Waals surface area contributed by atoms with Crippen LogP contribution in [0.5, 0.6) is 0 Å². The summed E-state index contributed by atoms with van der Waals surface area (Å²) in [4.78, 5) is 20.5. The van der Waals surface area contributed by atoms with Gasteiger partial charge in [-0.3, -0.25) is 0 Å². The molecule has 1 aliphatic rings. The van der Waals surface area contributed by atoms with Gasteiger partial charge in [-0.05, 0) is 39.5 Å². The molecule has 1 aromatic rings. The van der Waals surface area contributed by atoms with Gasteiger partial charge >= 0.3 is 5.97 Å². The van der Waals surface area contributed by atoms with Crippen LogP contribution in [0.2, 0.25) is 0 Å². The minimum absolute atomic E-state index is 0.315. The van der Waals surface area contributed by atoms with E-state index in [1.165, 1.54) is 19.3 Å². The van der Waals surface area contributed by atoms with Crippen molar-refractivity contribution in [3.63, 3.8) is 0 Å².